The van der Waals surface area contributed by atoms with Gasteiger partial charge in [-0.25, -0.2) is 4.68 Å². The summed E-state index contributed by atoms with van der Waals surface area (Å²) in [6.45, 7) is 8.11. The predicted octanol–water partition coefficient (Wildman–Crippen LogP) is 3.59. The Balaban J connectivity index is 1.82. The standard InChI is InChI=1S/C23H29N5O2/c1-23(2,3)28-22(24-25-26-28)21(17-10-11-19(29-4)20(14-17)30-5)27-13-12-16-8-6-7-9-18(16)15-27/h6-11,14,21H,12-13,15H2,1-5H3. The Morgan fingerprint density at radius 1 is 0.967 bits per heavy atom. The van der Waals surface area contributed by atoms with Gasteiger partial charge in [-0.05, 0) is 66.4 Å². The molecule has 4 rings (SSSR count). The maximum Gasteiger partial charge on any atom is 0.173 e. The van der Waals surface area contributed by atoms with E-state index in [1.807, 2.05) is 16.8 Å². The van der Waals surface area contributed by atoms with Crippen LogP contribution < -0.4 is 9.47 Å². The molecule has 1 aliphatic heterocycles. The van der Waals surface area contributed by atoms with Gasteiger partial charge in [0, 0.05) is 13.1 Å². The second-order valence-corrected chi connectivity index (χ2v) is 8.63. The molecule has 1 atom stereocenters. The summed E-state index contributed by atoms with van der Waals surface area (Å²) in [6.07, 6.45) is 0.997. The van der Waals surface area contributed by atoms with Gasteiger partial charge < -0.3 is 9.47 Å². The Bertz CT molecular complexity index is 1020. The molecule has 0 spiro atoms. The maximum absolute atomic E-state index is 5.58. The van der Waals surface area contributed by atoms with Gasteiger partial charge >= 0.3 is 0 Å². The summed E-state index contributed by atoms with van der Waals surface area (Å²) in [5, 5.41) is 12.8. The molecule has 2 heterocycles. The van der Waals surface area contributed by atoms with Crippen molar-refractivity contribution in [2.45, 2.75) is 45.3 Å². The summed E-state index contributed by atoms with van der Waals surface area (Å²) in [7, 11) is 3.31. The van der Waals surface area contributed by atoms with Crippen molar-refractivity contribution in [3.05, 3.63) is 65.0 Å². The first-order valence-corrected chi connectivity index (χ1v) is 10.2. The van der Waals surface area contributed by atoms with Crippen LogP contribution in [0.3, 0.4) is 0 Å². The van der Waals surface area contributed by atoms with Gasteiger partial charge in [0.05, 0.1) is 25.8 Å². The van der Waals surface area contributed by atoms with Crippen molar-refractivity contribution < 1.29 is 9.47 Å². The number of aromatic nitrogens is 4. The van der Waals surface area contributed by atoms with Gasteiger partial charge in [0.25, 0.3) is 0 Å². The number of methoxy groups -OCH3 is 2. The SMILES string of the molecule is COc1ccc(C(c2nnnn2C(C)(C)C)N2CCc3ccccc3C2)cc1OC. The van der Waals surface area contributed by atoms with E-state index in [2.05, 4.69) is 71.5 Å². The first kappa shape index (κ1) is 20.3. The lowest BCUT2D eigenvalue weighted by atomic mass is 9.95. The van der Waals surface area contributed by atoms with Crippen LogP contribution >= 0.6 is 0 Å². The van der Waals surface area contributed by atoms with Crippen LogP contribution in [0.1, 0.15) is 49.3 Å². The van der Waals surface area contributed by atoms with Crippen LogP contribution in [0.5, 0.6) is 11.5 Å². The third kappa shape index (κ3) is 3.77. The van der Waals surface area contributed by atoms with Crippen LogP contribution in [-0.4, -0.2) is 45.9 Å². The number of hydrogen-bond acceptors (Lipinski definition) is 6. The molecule has 1 unspecified atom stereocenters. The molecule has 0 saturated carbocycles. The Kier molecular flexibility index (Phi) is 5.47. The number of nitrogens with zero attached hydrogens (tertiary/aromatic N) is 5. The first-order chi connectivity index (χ1) is 14.4. The highest BCUT2D eigenvalue weighted by Crippen LogP contribution is 2.37. The monoisotopic (exact) mass is 407 g/mol. The lowest BCUT2D eigenvalue weighted by molar-refractivity contribution is 0.185. The van der Waals surface area contributed by atoms with E-state index in [4.69, 9.17) is 9.47 Å². The zero-order valence-electron chi connectivity index (χ0n) is 18.3. The molecule has 0 aliphatic carbocycles. The number of hydrogen-bond donors (Lipinski definition) is 0. The second-order valence-electron chi connectivity index (χ2n) is 8.63. The molecule has 0 radical (unpaired) electrons. The minimum atomic E-state index is -0.235. The van der Waals surface area contributed by atoms with E-state index in [0.29, 0.717) is 11.5 Å². The number of tetrazole rings is 1. The lowest BCUT2D eigenvalue weighted by Crippen LogP contribution is -2.38. The molecule has 1 aliphatic rings. The quantitative estimate of drug-likeness (QED) is 0.644. The van der Waals surface area contributed by atoms with Crippen LogP contribution in [0, 0.1) is 0 Å². The van der Waals surface area contributed by atoms with Crippen LogP contribution in [0.2, 0.25) is 0 Å². The van der Waals surface area contributed by atoms with Crippen molar-refractivity contribution >= 4 is 0 Å². The smallest absolute Gasteiger partial charge is 0.173 e. The zero-order chi connectivity index (χ0) is 21.3. The van der Waals surface area contributed by atoms with Crippen LogP contribution in [0.25, 0.3) is 0 Å². The number of rotatable bonds is 5. The van der Waals surface area contributed by atoms with E-state index in [0.717, 1.165) is 30.9 Å². The molecule has 0 saturated heterocycles. The Labute approximate surface area is 177 Å². The molecule has 0 amide bonds. The van der Waals surface area contributed by atoms with Crippen molar-refractivity contribution in [1.29, 1.82) is 0 Å². The fourth-order valence-corrected chi connectivity index (χ4v) is 4.13. The van der Waals surface area contributed by atoms with Gasteiger partial charge in [-0.1, -0.05) is 30.3 Å². The molecule has 3 aromatic rings. The number of benzene rings is 2. The van der Waals surface area contributed by atoms with E-state index in [9.17, 15) is 0 Å². The Hall–Kier alpha value is -2.93. The van der Waals surface area contributed by atoms with Gasteiger partial charge in [0.1, 0.15) is 0 Å². The minimum absolute atomic E-state index is 0.104. The van der Waals surface area contributed by atoms with Gasteiger partial charge in [0.2, 0.25) is 0 Å². The molecular formula is C23H29N5O2. The first-order valence-electron chi connectivity index (χ1n) is 10.2. The van der Waals surface area contributed by atoms with Crippen LogP contribution in [0.15, 0.2) is 42.5 Å². The van der Waals surface area contributed by atoms with Crippen LogP contribution in [0.4, 0.5) is 0 Å². The van der Waals surface area contributed by atoms with Crippen molar-refractivity contribution in [2.24, 2.45) is 0 Å². The summed E-state index contributed by atoms with van der Waals surface area (Å²) < 4.78 is 13.0. The van der Waals surface area contributed by atoms with E-state index >= 15 is 0 Å². The highest BCUT2D eigenvalue weighted by atomic mass is 16.5. The largest absolute Gasteiger partial charge is 0.493 e. The highest BCUT2D eigenvalue weighted by Gasteiger charge is 2.33. The molecule has 2 aromatic carbocycles. The van der Waals surface area contributed by atoms with E-state index < -0.39 is 0 Å². The molecule has 7 nitrogen and oxygen atoms in total. The topological polar surface area (TPSA) is 65.3 Å². The highest BCUT2D eigenvalue weighted by molar-refractivity contribution is 5.45. The summed E-state index contributed by atoms with van der Waals surface area (Å²) in [4.78, 5) is 2.44. The van der Waals surface area contributed by atoms with Crippen molar-refractivity contribution in [3.8, 4) is 11.5 Å². The van der Waals surface area contributed by atoms with E-state index in [1.165, 1.54) is 11.1 Å². The summed E-state index contributed by atoms with van der Waals surface area (Å²) >= 11 is 0. The van der Waals surface area contributed by atoms with Crippen molar-refractivity contribution in [1.82, 2.24) is 25.1 Å². The van der Waals surface area contributed by atoms with Gasteiger partial charge in [-0.3, -0.25) is 4.90 Å². The Morgan fingerprint density at radius 3 is 2.40 bits per heavy atom. The zero-order valence-corrected chi connectivity index (χ0v) is 18.3. The fraction of sp³-hybridized carbons (Fsp3) is 0.435. The second kappa shape index (κ2) is 8.07. The molecular weight excluding hydrogens is 378 g/mol. The minimum Gasteiger partial charge on any atom is -0.493 e. The molecule has 7 heteroatoms. The lowest BCUT2D eigenvalue weighted by Gasteiger charge is -2.36. The average molecular weight is 408 g/mol. The van der Waals surface area contributed by atoms with Gasteiger partial charge in [0.15, 0.2) is 17.3 Å². The summed E-state index contributed by atoms with van der Waals surface area (Å²) in [5.41, 5.74) is 3.60. The molecule has 158 valence electrons. The summed E-state index contributed by atoms with van der Waals surface area (Å²) in [6, 6.07) is 14.6. The predicted molar refractivity (Wildman–Crippen MR) is 115 cm³/mol. The van der Waals surface area contributed by atoms with Crippen molar-refractivity contribution in [3.63, 3.8) is 0 Å². The molecule has 0 N–H and O–H groups in total. The Morgan fingerprint density at radius 2 is 1.70 bits per heavy atom. The molecule has 0 fully saturated rings. The van der Waals surface area contributed by atoms with E-state index in [1.54, 1.807) is 14.2 Å². The maximum atomic E-state index is 5.58. The number of ether oxygens (including phenoxy) is 2. The average Bonchev–Trinajstić information content (AvgIpc) is 3.23. The normalized spacial score (nSPS) is 15.5. The van der Waals surface area contributed by atoms with Gasteiger partial charge in [-0.2, -0.15) is 0 Å². The molecule has 1 aromatic heterocycles. The van der Waals surface area contributed by atoms with Gasteiger partial charge in [-0.15, -0.1) is 5.10 Å². The summed E-state index contributed by atoms with van der Waals surface area (Å²) in [5.74, 6) is 2.24. The van der Waals surface area contributed by atoms with E-state index in [-0.39, 0.29) is 11.6 Å². The third-order valence-corrected chi connectivity index (χ3v) is 5.62. The molecule has 30 heavy (non-hydrogen) atoms. The van der Waals surface area contributed by atoms with Crippen LogP contribution in [-0.2, 0) is 18.5 Å². The third-order valence-electron chi connectivity index (χ3n) is 5.62. The number of fused-ring (bicyclic) bond motifs is 1. The van der Waals surface area contributed by atoms with Crippen molar-refractivity contribution in [2.75, 3.05) is 20.8 Å². The fourth-order valence-electron chi connectivity index (χ4n) is 4.13. The molecule has 0 bridgehead atoms.